The summed E-state index contributed by atoms with van der Waals surface area (Å²) in [7, 11) is 0. The van der Waals surface area contributed by atoms with Crippen molar-refractivity contribution in [2.75, 3.05) is 13.1 Å². The molecule has 1 heterocycles. The van der Waals surface area contributed by atoms with Crippen LogP contribution in [-0.2, 0) is 12.8 Å². The molecule has 3 nitrogen and oxygen atoms in total. The zero-order chi connectivity index (χ0) is 18.1. The van der Waals surface area contributed by atoms with Gasteiger partial charge < -0.3 is 5.11 Å². The number of hydrogen-bond acceptors (Lipinski definition) is 4. The van der Waals surface area contributed by atoms with Crippen molar-refractivity contribution in [1.29, 1.82) is 0 Å². The molecular weight excluding hydrogens is 342 g/mol. The van der Waals surface area contributed by atoms with Crippen molar-refractivity contribution in [3.05, 3.63) is 65.2 Å². The molecule has 1 N–H and O–H groups in total. The quantitative estimate of drug-likeness (QED) is 0.645. The van der Waals surface area contributed by atoms with Crippen LogP contribution >= 0.6 is 12.6 Å². The summed E-state index contributed by atoms with van der Waals surface area (Å²) in [5.74, 6) is 0.331. The van der Waals surface area contributed by atoms with Crippen molar-refractivity contribution < 1.29 is 9.90 Å². The van der Waals surface area contributed by atoms with Crippen molar-refractivity contribution in [3.63, 3.8) is 0 Å². The van der Waals surface area contributed by atoms with Crippen molar-refractivity contribution in [2.45, 2.75) is 42.7 Å². The molecule has 0 bridgehead atoms. The first-order chi connectivity index (χ1) is 12.6. The fourth-order valence-corrected chi connectivity index (χ4v) is 4.55. The Labute approximate surface area is 160 Å². The number of rotatable bonds is 3. The zero-order valence-corrected chi connectivity index (χ0v) is 15.7. The Balaban J connectivity index is 1.39. The fourth-order valence-electron chi connectivity index (χ4n) is 4.41. The van der Waals surface area contributed by atoms with Gasteiger partial charge >= 0.3 is 0 Å². The summed E-state index contributed by atoms with van der Waals surface area (Å²) in [5.41, 5.74) is 3.41. The van der Waals surface area contributed by atoms with Gasteiger partial charge in [-0.1, -0.05) is 36.4 Å². The summed E-state index contributed by atoms with van der Waals surface area (Å²) in [5, 5.41) is 10.6. The summed E-state index contributed by atoms with van der Waals surface area (Å²) >= 11 is 4.28. The van der Waals surface area contributed by atoms with Gasteiger partial charge in [-0.3, -0.25) is 9.69 Å². The third-order valence-corrected chi connectivity index (χ3v) is 6.24. The maximum atomic E-state index is 12.7. The van der Waals surface area contributed by atoms with Crippen LogP contribution in [0.1, 0.15) is 34.3 Å². The van der Waals surface area contributed by atoms with Crippen LogP contribution in [0, 0.1) is 5.92 Å². The molecule has 0 aromatic heterocycles. The molecule has 136 valence electrons. The summed E-state index contributed by atoms with van der Waals surface area (Å²) in [6, 6.07) is 16.1. The van der Waals surface area contributed by atoms with Crippen LogP contribution in [0.15, 0.2) is 53.4 Å². The minimum Gasteiger partial charge on any atom is -0.391 e. The molecule has 0 radical (unpaired) electrons. The Morgan fingerprint density at radius 1 is 0.962 bits per heavy atom. The molecule has 26 heavy (non-hydrogen) atoms. The second-order valence-corrected chi connectivity index (χ2v) is 8.05. The first-order valence-electron chi connectivity index (χ1n) is 9.44. The Kier molecular flexibility index (Phi) is 5.16. The Morgan fingerprint density at radius 3 is 2.23 bits per heavy atom. The van der Waals surface area contributed by atoms with Crippen LogP contribution in [-0.4, -0.2) is 41.0 Å². The molecule has 1 saturated heterocycles. The van der Waals surface area contributed by atoms with Gasteiger partial charge in [0.15, 0.2) is 5.78 Å². The molecule has 4 heteroatoms. The van der Waals surface area contributed by atoms with Gasteiger partial charge in [0.1, 0.15) is 0 Å². The highest BCUT2D eigenvalue weighted by atomic mass is 32.1. The fraction of sp³-hybridized carbons (Fsp3) is 0.409. The largest absolute Gasteiger partial charge is 0.391 e. The van der Waals surface area contributed by atoms with E-state index in [-0.39, 0.29) is 23.8 Å². The molecule has 2 aromatic rings. The minimum atomic E-state index is -0.319. The number of ketones is 1. The van der Waals surface area contributed by atoms with Gasteiger partial charge in [0.25, 0.3) is 0 Å². The lowest BCUT2D eigenvalue weighted by Gasteiger charge is -2.41. The number of carbonyl (C=O) groups excluding carboxylic acids is 1. The number of nitrogens with zero attached hydrogens (tertiary/aromatic N) is 1. The molecule has 0 spiro atoms. The van der Waals surface area contributed by atoms with Gasteiger partial charge in [0.05, 0.1) is 6.10 Å². The van der Waals surface area contributed by atoms with Crippen LogP contribution in [0.25, 0.3) is 0 Å². The highest BCUT2D eigenvalue weighted by Crippen LogP contribution is 2.29. The summed E-state index contributed by atoms with van der Waals surface area (Å²) in [4.78, 5) is 16.0. The lowest BCUT2D eigenvalue weighted by molar-refractivity contribution is 0.0239. The molecular formula is C22H25NO2S. The van der Waals surface area contributed by atoms with Crippen molar-refractivity contribution in [1.82, 2.24) is 4.90 Å². The van der Waals surface area contributed by atoms with Gasteiger partial charge in [0.2, 0.25) is 0 Å². The average molecular weight is 368 g/mol. The van der Waals surface area contributed by atoms with E-state index in [0.717, 1.165) is 49.2 Å². The third kappa shape index (κ3) is 3.59. The molecule has 2 aromatic carbocycles. The molecule has 2 aliphatic rings. The first-order valence-corrected chi connectivity index (χ1v) is 9.88. The number of piperidine rings is 1. The van der Waals surface area contributed by atoms with E-state index in [1.807, 2.05) is 30.3 Å². The van der Waals surface area contributed by atoms with Crippen molar-refractivity contribution in [3.8, 4) is 0 Å². The molecule has 1 aliphatic heterocycles. The van der Waals surface area contributed by atoms with Crippen LogP contribution in [0.2, 0.25) is 0 Å². The molecule has 1 fully saturated rings. The third-order valence-electron chi connectivity index (χ3n) is 5.94. The maximum absolute atomic E-state index is 12.7. The SMILES string of the molecule is O=C(c1ccc(S)cc1)C1CCN(C2Cc3ccccc3C[C@H]2O)CC1. The lowest BCUT2D eigenvalue weighted by Crippen LogP contribution is -2.51. The molecule has 2 atom stereocenters. The molecule has 0 amide bonds. The summed E-state index contributed by atoms with van der Waals surface area (Å²) in [6.07, 6.45) is 3.05. The number of hydrogen-bond donors (Lipinski definition) is 2. The van der Waals surface area contributed by atoms with Crippen molar-refractivity contribution >= 4 is 18.4 Å². The van der Waals surface area contributed by atoms with Crippen LogP contribution in [0.3, 0.4) is 0 Å². The lowest BCUT2D eigenvalue weighted by atomic mass is 9.83. The predicted molar refractivity (Wildman–Crippen MR) is 106 cm³/mol. The van der Waals surface area contributed by atoms with Gasteiger partial charge in [-0.25, -0.2) is 0 Å². The number of aliphatic hydroxyl groups is 1. The molecule has 1 unspecified atom stereocenters. The minimum absolute atomic E-state index is 0.0880. The Hall–Kier alpha value is -1.62. The first kappa shape index (κ1) is 17.8. The standard InChI is InChI=1S/C22H25NO2S/c24-21-14-18-4-2-1-3-17(18)13-20(21)23-11-9-16(10-12-23)22(25)15-5-7-19(26)8-6-15/h1-8,16,20-21,24,26H,9-14H2/t20?,21-/m1/s1. The molecule has 4 rings (SSSR count). The normalized spacial score (nSPS) is 24.2. The van der Waals surface area contributed by atoms with E-state index in [1.54, 1.807) is 0 Å². The van der Waals surface area contributed by atoms with Crippen LogP contribution < -0.4 is 0 Å². The predicted octanol–water partition coefficient (Wildman–Crippen LogP) is 3.40. The van der Waals surface area contributed by atoms with Gasteiger partial charge in [-0.05, 0) is 55.6 Å². The second kappa shape index (κ2) is 7.55. The van der Waals surface area contributed by atoms with Gasteiger partial charge in [-0.2, -0.15) is 0 Å². The van der Waals surface area contributed by atoms with E-state index in [9.17, 15) is 9.90 Å². The van der Waals surface area contributed by atoms with E-state index in [4.69, 9.17) is 0 Å². The van der Waals surface area contributed by atoms with Crippen LogP contribution in [0.4, 0.5) is 0 Å². The average Bonchev–Trinajstić information content (AvgIpc) is 2.68. The Bertz CT molecular complexity index is 781. The zero-order valence-electron chi connectivity index (χ0n) is 14.8. The van der Waals surface area contributed by atoms with Crippen LogP contribution in [0.5, 0.6) is 0 Å². The maximum Gasteiger partial charge on any atom is 0.166 e. The van der Waals surface area contributed by atoms with Gasteiger partial charge in [0, 0.05) is 28.8 Å². The van der Waals surface area contributed by atoms with E-state index in [0.29, 0.717) is 0 Å². The molecule has 1 aliphatic carbocycles. The second-order valence-electron chi connectivity index (χ2n) is 7.53. The molecule has 0 saturated carbocycles. The number of carbonyl (C=O) groups is 1. The monoisotopic (exact) mass is 367 g/mol. The summed E-state index contributed by atoms with van der Waals surface area (Å²) < 4.78 is 0. The van der Waals surface area contributed by atoms with E-state index in [2.05, 4.69) is 35.7 Å². The number of thiol groups is 1. The van der Waals surface area contributed by atoms with E-state index in [1.165, 1.54) is 11.1 Å². The van der Waals surface area contributed by atoms with E-state index >= 15 is 0 Å². The van der Waals surface area contributed by atoms with Crippen molar-refractivity contribution in [2.24, 2.45) is 5.92 Å². The highest BCUT2D eigenvalue weighted by Gasteiger charge is 2.35. The summed E-state index contributed by atoms with van der Waals surface area (Å²) in [6.45, 7) is 1.76. The van der Waals surface area contributed by atoms with Gasteiger partial charge in [-0.15, -0.1) is 12.6 Å². The Morgan fingerprint density at radius 2 is 1.58 bits per heavy atom. The number of Topliss-reactive ketones (excluding diaryl/α,β-unsaturated/α-hetero) is 1. The topological polar surface area (TPSA) is 40.5 Å². The highest BCUT2D eigenvalue weighted by molar-refractivity contribution is 7.80. The smallest absolute Gasteiger partial charge is 0.166 e. The number of likely N-dealkylation sites (tertiary alicyclic amines) is 1. The number of fused-ring (bicyclic) bond motifs is 1. The number of aliphatic hydroxyl groups excluding tert-OH is 1. The number of benzene rings is 2. The van der Waals surface area contributed by atoms with E-state index < -0.39 is 0 Å².